The monoisotopic (exact) mass is 386 g/mol. The number of aromatic nitrogens is 3. The fourth-order valence-electron chi connectivity index (χ4n) is 2.96. The number of rotatable bonds is 6. The van der Waals surface area contributed by atoms with Crippen LogP contribution in [-0.2, 0) is 6.54 Å². The highest BCUT2D eigenvalue weighted by Gasteiger charge is 2.32. The minimum atomic E-state index is -0.993. The number of anilines is 2. The van der Waals surface area contributed by atoms with Crippen molar-refractivity contribution in [2.45, 2.75) is 25.3 Å². The molecule has 2 aromatic heterocycles. The number of hydrogen-bond acceptors (Lipinski definition) is 6. The highest BCUT2D eigenvalue weighted by atomic mass is 19.1. The predicted octanol–water partition coefficient (Wildman–Crippen LogP) is 3.73. The molecule has 0 amide bonds. The molecular weight excluding hydrogens is 370 g/mol. The zero-order valence-corrected chi connectivity index (χ0v) is 14.6. The summed E-state index contributed by atoms with van der Waals surface area (Å²) in [5, 5.41) is 21.4. The summed E-state index contributed by atoms with van der Waals surface area (Å²) in [7, 11) is 0. The highest BCUT2D eigenvalue weighted by Crippen LogP contribution is 2.43. The molecule has 1 aliphatic carbocycles. The predicted molar refractivity (Wildman–Crippen MR) is 98.5 cm³/mol. The number of nitrogen functional groups attached to an aromatic ring is 1. The molecule has 0 spiro atoms. The van der Waals surface area contributed by atoms with Crippen LogP contribution >= 0.6 is 0 Å². The fourth-order valence-corrected chi connectivity index (χ4v) is 2.96. The molecule has 4 N–H and O–H groups in total. The molecule has 0 bridgehead atoms. The van der Waals surface area contributed by atoms with Gasteiger partial charge in [-0.3, -0.25) is 15.2 Å². The Morgan fingerprint density at radius 3 is 2.64 bits per heavy atom. The van der Waals surface area contributed by atoms with Gasteiger partial charge >= 0.3 is 5.69 Å². The van der Waals surface area contributed by atoms with E-state index in [2.05, 4.69) is 20.5 Å². The summed E-state index contributed by atoms with van der Waals surface area (Å²) in [6.45, 7) is 0.118. The first-order chi connectivity index (χ1) is 13.4. The first-order valence-electron chi connectivity index (χ1n) is 8.61. The van der Waals surface area contributed by atoms with E-state index in [1.165, 1.54) is 24.3 Å². The van der Waals surface area contributed by atoms with Crippen LogP contribution in [0.2, 0.25) is 0 Å². The van der Waals surface area contributed by atoms with Gasteiger partial charge in [-0.1, -0.05) is 12.1 Å². The Bertz CT molecular complexity index is 1050. The van der Waals surface area contributed by atoms with Gasteiger partial charge in [-0.15, -0.1) is 0 Å². The molecule has 0 unspecified atom stereocenters. The van der Waals surface area contributed by atoms with Crippen molar-refractivity contribution >= 4 is 17.3 Å². The van der Waals surface area contributed by atoms with Crippen LogP contribution in [0.3, 0.4) is 0 Å². The number of aromatic amines is 1. The van der Waals surface area contributed by atoms with Crippen LogP contribution in [-0.4, -0.2) is 20.1 Å². The molecule has 1 aromatic carbocycles. The van der Waals surface area contributed by atoms with Gasteiger partial charge in [-0.2, -0.15) is 5.10 Å². The molecule has 3 aromatic rings. The molecule has 0 radical (unpaired) electrons. The van der Waals surface area contributed by atoms with Crippen molar-refractivity contribution in [1.29, 1.82) is 0 Å². The van der Waals surface area contributed by atoms with Crippen molar-refractivity contribution in [3.63, 3.8) is 0 Å². The van der Waals surface area contributed by atoms with Crippen molar-refractivity contribution in [3.05, 3.63) is 63.3 Å². The highest BCUT2D eigenvalue weighted by molar-refractivity contribution is 5.81. The van der Waals surface area contributed by atoms with Crippen LogP contribution in [0.15, 0.2) is 30.3 Å². The van der Waals surface area contributed by atoms with Crippen LogP contribution in [0.1, 0.15) is 30.0 Å². The molecular formula is C18H16F2N6O2. The maximum Gasteiger partial charge on any atom is 0.323 e. The van der Waals surface area contributed by atoms with Crippen LogP contribution < -0.4 is 11.1 Å². The first kappa shape index (κ1) is 17.8. The summed E-state index contributed by atoms with van der Waals surface area (Å²) >= 11 is 0. The minimum absolute atomic E-state index is 0.102. The average molecular weight is 386 g/mol. The van der Waals surface area contributed by atoms with E-state index >= 15 is 0 Å². The van der Waals surface area contributed by atoms with E-state index in [9.17, 15) is 18.9 Å². The van der Waals surface area contributed by atoms with Gasteiger partial charge in [0, 0.05) is 18.2 Å². The lowest BCUT2D eigenvalue weighted by Gasteiger charge is -2.11. The number of H-pyrrole nitrogens is 1. The first-order valence-corrected chi connectivity index (χ1v) is 8.61. The van der Waals surface area contributed by atoms with Gasteiger partial charge in [0.1, 0.15) is 17.1 Å². The van der Waals surface area contributed by atoms with Crippen LogP contribution in [0.4, 0.5) is 26.1 Å². The molecule has 144 valence electrons. The Balaban J connectivity index is 1.74. The number of nitrogens with one attached hydrogen (secondary N) is 2. The van der Waals surface area contributed by atoms with Gasteiger partial charge in [-0.25, -0.2) is 13.8 Å². The summed E-state index contributed by atoms with van der Waals surface area (Å²) in [6.07, 6.45) is 1.99. The summed E-state index contributed by atoms with van der Waals surface area (Å²) in [5.41, 5.74) is 6.36. The molecule has 0 aliphatic heterocycles. The number of pyridine rings is 1. The number of nitro groups is 1. The van der Waals surface area contributed by atoms with Gasteiger partial charge in [0.2, 0.25) is 5.82 Å². The zero-order chi connectivity index (χ0) is 19.8. The molecule has 10 heteroatoms. The Morgan fingerprint density at radius 1 is 1.29 bits per heavy atom. The summed E-state index contributed by atoms with van der Waals surface area (Å²) < 4.78 is 27.7. The van der Waals surface area contributed by atoms with Gasteiger partial charge in [0.15, 0.2) is 11.6 Å². The molecule has 2 heterocycles. The number of benzene rings is 1. The van der Waals surface area contributed by atoms with Gasteiger partial charge in [0.25, 0.3) is 0 Å². The number of hydrogen-bond donors (Lipinski definition) is 3. The van der Waals surface area contributed by atoms with E-state index in [0.717, 1.165) is 18.5 Å². The molecule has 1 aliphatic rings. The van der Waals surface area contributed by atoms with E-state index in [4.69, 9.17) is 5.73 Å². The van der Waals surface area contributed by atoms with E-state index in [-0.39, 0.29) is 23.6 Å². The van der Waals surface area contributed by atoms with Crippen LogP contribution in [0.5, 0.6) is 0 Å². The maximum atomic E-state index is 14.7. The smallest absolute Gasteiger partial charge is 0.323 e. The molecule has 0 atom stereocenters. The van der Waals surface area contributed by atoms with Crippen molar-refractivity contribution in [2.75, 3.05) is 11.1 Å². The van der Waals surface area contributed by atoms with Crippen molar-refractivity contribution < 1.29 is 13.7 Å². The Kier molecular flexibility index (Phi) is 4.38. The summed E-state index contributed by atoms with van der Waals surface area (Å²) in [4.78, 5) is 14.8. The number of nitrogens with zero attached hydrogens (tertiary/aromatic N) is 3. The van der Waals surface area contributed by atoms with Crippen molar-refractivity contribution in [3.8, 4) is 11.3 Å². The largest absolute Gasteiger partial charge is 0.381 e. The van der Waals surface area contributed by atoms with E-state index < -0.39 is 28.1 Å². The Morgan fingerprint density at radius 2 is 2.00 bits per heavy atom. The topological polar surface area (TPSA) is 123 Å². The SMILES string of the molecule is Nc1nc(NCc2ccc(F)cc2)c([N+](=O)[O-])c(-c2cc(C3CC3)[nH]n2)c1F. The second kappa shape index (κ2) is 6.87. The third-order valence-electron chi connectivity index (χ3n) is 4.56. The van der Waals surface area contributed by atoms with Crippen molar-refractivity contribution in [1.82, 2.24) is 15.2 Å². The molecule has 1 fully saturated rings. The lowest BCUT2D eigenvalue weighted by atomic mass is 10.1. The normalized spacial score (nSPS) is 13.5. The molecule has 1 saturated carbocycles. The third-order valence-corrected chi connectivity index (χ3v) is 4.56. The van der Waals surface area contributed by atoms with E-state index in [0.29, 0.717) is 11.5 Å². The van der Waals surface area contributed by atoms with Crippen LogP contribution in [0, 0.1) is 21.7 Å². The van der Waals surface area contributed by atoms with E-state index in [1.807, 2.05) is 0 Å². The number of halogens is 2. The quantitative estimate of drug-likeness (QED) is 0.438. The van der Waals surface area contributed by atoms with Gasteiger partial charge in [-0.05, 0) is 36.6 Å². The standard InChI is InChI=1S/C18H16F2N6O2/c19-11-5-1-9(2-6-11)8-22-18-16(26(27)28)14(15(20)17(21)23-18)13-7-12(24-25-13)10-3-4-10/h1-2,5-7,10H,3-4,8H2,(H,24,25)(H3,21,22,23). The molecule has 4 rings (SSSR count). The Hall–Kier alpha value is -3.56. The van der Waals surface area contributed by atoms with E-state index in [1.54, 1.807) is 6.07 Å². The maximum absolute atomic E-state index is 14.7. The summed E-state index contributed by atoms with van der Waals surface area (Å²) in [6, 6.07) is 7.19. The lowest BCUT2D eigenvalue weighted by molar-refractivity contribution is -0.383. The van der Waals surface area contributed by atoms with Gasteiger partial charge < -0.3 is 11.1 Å². The molecule has 28 heavy (non-hydrogen) atoms. The lowest BCUT2D eigenvalue weighted by Crippen LogP contribution is -2.10. The summed E-state index contributed by atoms with van der Waals surface area (Å²) in [5.74, 6) is -1.73. The average Bonchev–Trinajstić information content (AvgIpc) is 3.40. The fraction of sp³-hybridized carbons (Fsp3) is 0.222. The second-order valence-electron chi connectivity index (χ2n) is 6.60. The molecule has 8 nitrogen and oxygen atoms in total. The molecule has 0 saturated heterocycles. The number of nitrogens with two attached hydrogens (primary N) is 1. The second-order valence-corrected chi connectivity index (χ2v) is 6.60. The Labute approximate surface area is 157 Å². The zero-order valence-electron chi connectivity index (χ0n) is 14.6. The van der Waals surface area contributed by atoms with Gasteiger partial charge in [0.05, 0.1) is 4.92 Å². The van der Waals surface area contributed by atoms with Crippen molar-refractivity contribution in [2.24, 2.45) is 0 Å². The third kappa shape index (κ3) is 3.36. The van der Waals surface area contributed by atoms with Crippen LogP contribution in [0.25, 0.3) is 11.3 Å². The minimum Gasteiger partial charge on any atom is -0.381 e.